The van der Waals surface area contributed by atoms with Crippen molar-refractivity contribution in [1.29, 1.82) is 0 Å². The van der Waals surface area contributed by atoms with E-state index in [1.165, 1.54) is 26.2 Å². The molecular weight excluding hydrogens is 426 g/mol. The molecule has 1 heterocycles. The summed E-state index contributed by atoms with van der Waals surface area (Å²) >= 11 is 5.99. The monoisotopic (exact) mass is 443 g/mol. The standard InChI is InChI=1S/C21H18ClN3O6/c1-11-16(9-13-8-15(30-3)5-7-18(13)23-11)21(27)31-12(2)20(26)24-19-10-14(25(28)29)4-6-17(19)22/h4-10,12H,1-3H3,(H,24,26). The van der Waals surface area contributed by atoms with Crippen LogP contribution in [0.4, 0.5) is 11.4 Å². The molecule has 3 aromatic rings. The molecule has 0 bridgehead atoms. The second kappa shape index (κ2) is 8.97. The van der Waals surface area contributed by atoms with Crippen LogP contribution in [0.1, 0.15) is 23.0 Å². The van der Waals surface area contributed by atoms with Gasteiger partial charge in [0.2, 0.25) is 0 Å². The van der Waals surface area contributed by atoms with E-state index < -0.39 is 22.9 Å². The minimum absolute atomic E-state index is 0.0411. The van der Waals surface area contributed by atoms with Gasteiger partial charge in [0.25, 0.3) is 11.6 Å². The summed E-state index contributed by atoms with van der Waals surface area (Å²) in [6, 6.07) is 10.5. The number of non-ortho nitro benzene ring substituents is 1. The summed E-state index contributed by atoms with van der Waals surface area (Å²) in [4.78, 5) is 39.8. The molecule has 9 nitrogen and oxygen atoms in total. The fourth-order valence-corrected chi connectivity index (χ4v) is 2.98. The van der Waals surface area contributed by atoms with Crippen LogP contribution in [-0.2, 0) is 9.53 Å². The van der Waals surface area contributed by atoms with Gasteiger partial charge < -0.3 is 14.8 Å². The minimum Gasteiger partial charge on any atom is -0.497 e. The van der Waals surface area contributed by atoms with E-state index in [4.69, 9.17) is 21.1 Å². The fourth-order valence-electron chi connectivity index (χ4n) is 2.82. The number of halogens is 1. The number of carbonyl (C=O) groups is 2. The zero-order valence-corrected chi connectivity index (χ0v) is 17.6. The Morgan fingerprint density at radius 3 is 2.61 bits per heavy atom. The molecule has 2 aromatic carbocycles. The fraction of sp³-hybridized carbons (Fsp3) is 0.190. The zero-order chi connectivity index (χ0) is 22.7. The first-order valence-corrected chi connectivity index (χ1v) is 9.48. The van der Waals surface area contributed by atoms with Crippen LogP contribution >= 0.6 is 11.6 Å². The molecule has 0 saturated heterocycles. The van der Waals surface area contributed by atoms with E-state index in [2.05, 4.69) is 10.3 Å². The Morgan fingerprint density at radius 2 is 1.94 bits per heavy atom. The average Bonchev–Trinajstić information content (AvgIpc) is 2.74. The third-order valence-corrected chi connectivity index (χ3v) is 4.83. The second-order valence-electron chi connectivity index (χ2n) is 6.64. The lowest BCUT2D eigenvalue weighted by Gasteiger charge is -2.15. The predicted molar refractivity (Wildman–Crippen MR) is 115 cm³/mol. The molecule has 1 amide bonds. The maximum atomic E-state index is 12.7. The first-order valence-electron chi connectivity index (χ1n) is 9.10. The number of ether oxygens (including phenoxy) is 2. The number of benzene rings is 2. The van der Waals surface area contributed by atoms with Crippen LogP contribution in [0.25, 0.3) is 10.9 Å². The predicted octanol–water partition coefficient (Wildman–Crippen LogP) is 4.30. The summed E-state index contributed by atoms with van der Waals surface area (Å²) in [6.07, 6.45) is -1.19. The van der Waals surface area contributed by atoms with Gasteiger partial charge in [-0.15, -0.1) is 0 Å². The van der Waals surface area contributed by atoms with Gasteiger partial charge >= 0.3 is 5.97 Å². The molecule has 0 aliphatic rings. The van der Waals surface area contributed by atoms with Crippen molar-refractivity contribution in [2.24, 2.45) is 0 Å². The van der Waals surface area contributed by atoms with Crippen molar-refractivity contribution in [3.63, 3.8) is 0 Å². The van der Waals surface area contributed by atoms with Gasteiger partial charge in [0.05, 0.1) is 39.5 Å². The Labute approximate surface area is 182 Å². The Morgan fingerprint density at radius 1 is 1.19 bits per heavy atom. The van der Waals surface area contributed by atoms with Gasteiger partial charge in [-0.2, -0.15) is 0 Å². The van der Waals surface area contributed by atoms with E-state index >= 15 is 0 Å². The number of nitro groups is 1. The van der Waals surface area contributed by atoms with Crippen molar-refractivity contribution < 1.29 is 24.0 Å². The molecule has 0 spiro atoms. The summed E-state index contributed by atoms with van der Waals surface area (Å²) < 4.78 is 10.5. The van der Waals surface area contributed by atoms with Gasteiger partial charge in [0.1, 0.15) is 5.75 Å². The first kappa shape index (κ1) is 22.0. The van der Waals surface area contributed by atoms with Gasteiger partial charge in [-0.25, -0.2) is 4.79 Å². The average molecular weight is 444 g/mol. The van der Waals surface area contributed by atoms with Crippen LogP contribution in [-0.4, -0.2) is 35.0 Å². The molecule has 0 saturated carbocycles. The zero-order valence-electron chi connectivity index (χ0n) is 16.8. The molecule has 1 unspecified atom stereocenters. The molecule has 1 aromatic heterocycles. The van der Waals surface area contributed by atoms with E-state index in [1.807, 2.05) is 0 Å². The van der Waals surface area contributed by atoms with Crippen molar-refractivity contribution in [3.05, 3.63) is 68.9 Å². The molecule has 3 rings (SSSR count). The number of hydrogen-bond donors (Lipinski definition) is 1. The molecule has 0 aliphatic heterocycles. The van der Waals surface area contributed by atoms with Gasteiger partial charge in [-0.05, 0) is 44.2 Å². The quantitative estimate of drug-likeness (QED) is 0.342. The number of anilines is 1. The maximum Gasteiger partial charge on any atom is 0.340 e. The summed E-state index contributed by atoms with van der Waals surface area (Å²) in [5.41, 5.74) is 1.13. The van der Waals surface area contributed by atoms with Crippen molar-refractivity contribution >= 4 is 45.8 Å². The SMILES string of the molecule is COc1ccc2nc(C)c(C(=O)OC(C)C(=O)Nc3cc([N+](=O)[O-])ccc3Cl)cc2c1. The second-order valence-corrected chi connectivity index (χ2v) is 7.05. The van der Waals surface area contributed by atoms with Crippen LogP contribution in [0.15, 0.2) is 42.5 Å². The Balaban J connectivity index is 1.77. The van der Waals surface area contributed by atoms with Crippen molar-refractivity contribution in [1.82, 2.24) is 4.98 Å². The lowest BCUT2D eigenvalue weighted by Crippen LogP contribution is -2.30. The molecule has 1 N–H and O–H groups in total. The third-order valence-electron chi connectivity index (χ3n) is 4.50. The number of amides is 1. The third kappa shape index (κ3) is 4.89. The van der Waals surface area contributed by atoms with Gasteiger partial charge in [-0.1, -0.05) is 11.6 Å². The molecule has 10 heteroatoms. The summed E-state index contributed by atoms with van der Waals surface area (Å²) in [5.74, 6) is -0.814. The number of methoxy groups -OCH3 is 1. The molecule has 31 heavy (non-hydrogen) atoms. The highest BCUT2D eigenvalue weighted by Crippen LogP contribution is 2.27. The Kier molecular flexibility index (Phi) is 6.36. The highest BCUT2D eigenvalue weighted by Gasteiger charge is 2.22. The Hall–Kier alpha value is -3.72. The number of aryl methyl sites for hydroxylation is 1. The topological polar surface area (TPSA) is 121 Å². The highest BCUT2D eigenvalue weighted by molar-refractivity contribution is 6.33. The van der Waals surface area contributed by atoms with Crippen LogP contribution in [0.5, 0.6) is 5.75 Å². The number of pyridine rings is 1. The van der Waals surface area contributed by atoms with E-state index in [0.717, 1.165) is 6.07 Å². The number of fused-ring (bicyclic) bond motifs is 1. The Bertz CT molecular complexity index is 1200. The van der Waals surface area contributed by atoms with Gasteiger partial charge in [-0.3, -0.25) is 19.9 Å². The number of aromatic nitrogens is 1. The number of carbonyl (C=O) groups excluding carboxylic acids is 2. The smallest absolute Gasteiger partial charge is 0.340 e. The van der Waals surface area contributed by atoms with E-state index in [0.29, 0.717) is 22.3 Å². The summed E-state index contributed by atoms with van der Waals surface area (Å²) in [5, 5.41) is 14.1. The molecule has 0 fully saturated rings. The number of nitro benzene ring substituents is 1. The van der Waals surface area contributed by atoms with Crippen molar-refractivity contribution in [2.75, 3.05) is 12.4 Å². The van der Waals surface area contributed by atoms with E-state index in [9.17, 15) is 19.7 Å². The minimum atomic E-state index is -1.19. The van der Waals surface area contributed by atoms with Gasteiger partial charge in [0, 0.05) is 17.5 Å². The van der Waals surface area contributed by atoms with Crippen molar-refractivity contribution in [3.8, 4) is 5.75 Å². The first-order chi connectivity index (χ1) is 14.7. The normalized spacial score (nSPS) is 11.6. The van der Waals surface area contributed by atoms with Crippen LogP contribution in [0, 0.1) is 17.0 Å². The van der Waals surface area contributed by atoms with Crippen molar-refractivity contribution in [2.45, 2.75) is 20.0 Å². The summed E-state index contributed by atoms with van der Waals surface area (Å²) in [6.45, 7) is 3.04. The molecular formula is C21H18ClN3O6. The van der Waals surface area contributed by atoms with E-state index in [1.54, 1.807) is 31.2 Å². The number of hydrogen-bond acceptors (Lipinski definition) is 7. The molecule has 0 radical (unpaired) electrons. The lowest BCUT2D eigenvalue weighted by molar-refractivity contribution is -0.384. The van der Waals surface area contributed by atoms with Crippen LogP contribution in [0.2, 0.25) is 5.02 Å². The van der Waals surface area contributed by atoms with Crippen LogP contribution in [0.3, 0.4) is 0 Å². The van der Waals surface area contributed by atoms with Gasteiger partial charge in [0.15, 0.2) is 6.10 Å². The lowest BCUT2D eigenvalue weighted by atomic mass is 10.1. The highest BCUT2D eigenvalue weighted by atomic mass is 35.5. The molecule has 1 atom stereocenters. The summed E-state index contributed by atoms with van der Waals surface area (Å²) in [7, 11) is 1.53. The molecule has 160 valence electrons. The molecule has 0 aliphatic carbocycles. The van der Waals surface area contributed by atoms with Crippen LogP contribution < -0.4 is 10.1 Å². The number of nitrogens with zero attached hydrogens (tertiary/aromatic N) is 2. The number of esters is 1. The van der Waals surface area contributed by atoms with E-state index in [-0.39, 0.29) is 22.0 Å². The number of nitrogens with one attached hydrogen (secondary N) is 1. The number of rotatable bonds is 6. The largest absolute Gasteiger partial charge is 0.497 e. The maximum absolute atomic E-state index is 12.7.